The molecule has 1 atom stereocenters. The van der Waals surface area contributed by atoms with Gasteiger partial charge in [-0.2, -0.15) is 8.42 Å². The molecule has 8 nitrogen and oxygen atoms in total. The van der Waals surface area contributed by atoms with Gasteiger partial charge in [-0.1, -0.05) is 43.2 Å². The van der Waals surface area contributed by atoms with Gasteiger partial charge >= 0.3 is 0 Å². The smallest absolute Gasteiger partial charge is 0.285 e. The standard InChI is InChI=1S/C20H25N5O3S2/c1-2-3-4-11-17-22-23-20(29-17)21-19(26)14-8-7-12-25(13-14)18-15-9-5-6-10-16(15)30(27,28)24-18/h5-6,9-10,14H,2-4,7-8,11-13H2,1H3,(H,21,23,26). The highest BCUT2D eigenvalue weighted by Crippen LogP contribution is 2.30. The highest BCUT2D eigenvalue weighted by atomic mass is 32.2. The van der Waals surface area contributed by atoms with Crippen molar-refractivity contribution in [3.8, 4) is 0 Å². The van der Waals surface area contributed by atoms with Crippen molar-refractivity contribution < 1.29 is 13.2 Å². The highest BCUT2D eigenvalue weighted by Gasteiger charge is 2.35. The van der Waals surface area contributed by atoms with Crippen molar-refractivity contribution in [2.24, 2.45) is 10.3 Å². The number of carbonyl (C=O) groups excluding carboxylic acids is 1. The number of anilines is 1. The SMILES string of the molecule is CCCCCc1nnc(NC(=O)C2CCCN(C3=NS(=O)(=O)c4ccccc43)C2)s1. The van der Waals surface area contributed by atoms with Crippen LogP contribution in [0.5, 0.6) is 0 Å². The second-order valence-electron chi connectivity index (χ2n) is 7.62. The fourth-order valence-electron chi connectivity index (χ4n) is 3.84. The largest absolute Gasteiger partial charge is 0.355 e. The molecule has 3 heterocycles. The number of amides is 1. The van der Waals surface area contributed by atoms with Gasteiger partial charge in [-0.3, -0.25) is 4.79 Å². The van der Waals surface area contributed by atoms with Crippen molar-refractivity contribution in [1.29, 1.82) is 0 Å². The number of hydrogen-bond acceptors (Lipinski definition) is 7. The summed E-state index contributed by atoms with van der Waals surface area (Å²) in [5.74, 6) is 0.0762. The van der Waals surface area contributed by atoms with Crippen molar-refractivity contribution in [3.63, 3.8) is 0 Å². The third-order valence-electron chi connectivity index (χ3n) is 5.40. The van der Waals surface area contributed by atoms with E-state index >= 15 is 0 Å². The number of piperidine rings is 1. The first-order valence-corrected chi connectivity index (χ1v) is 12.6. The van der Waals surface area contributed by atoms with E-state index in [4.69, 9.17) is 0 Å². The Morgan fingerprint density at radius 3 is 2.93 bits per heavy atom. The Morgan fingerprint density at radius 2 is 2.10 bits per heavy atom. The van der Waals surface area contributed by atoms with Crippen LogP contribution in [0.4, 0.5) is 5.13 Å². The molecule has 10 heteroatoms. The number of fused-ring (bicyclic) bond motifs is 1. The topological polar surface area (TPSA) is 105 Å². The number of nitrogens with zero attached hydrogens (tertiary/aromatic N) is 4. The van der Waals surface area contributed by atoms with Crippen molar-refractivity contribution in [2.45, 2.75) is 50.3 Å². The van der Waals surface area contributed by atoms with Crippen LogP contribution in [0.25, 0.3) is 0 Å². The van der Waals surface area contributed by atoms with Crippen LogP contribution in [0.2, 0.25) is 0 Å². The Bertz CT molecular complexity index is 1060. The number of hydrogen-bond donors (Lipinski definition) is 1. The van der Waals surface area contributed by atoms with Gasteiger partial charge in [0.05, 0.1) is 5.92 Å². The molecular weight excluding hydrogens is 422 g/mol. The third kappa shape index (κ3) is 4.39. The Morgan fingerprint density at radius 1 is 1.27 bits per heavy atom. The minimum absolute atomic E-state index is 0.106. The number of unbranched alkanes of at least 4 members (excludes halogenated alkanes) is 2. The molecule has 1 amide bonds. The summed E-state index contributed by atoms with van der Waals surface area (Å²) in [6, 6.07) is 6.84. The van der Waals surface area contributed by atoms with Gasteiger partial charge in [-0.15, -0.1) is 14.6 Å². The van der Waals surface area contributed by atoms with Gasteiger partial charge in [0.1, 0.15) is 9.90 Å². The van der Waals surface area contributed by atoms with Crippen molar-refractivity contribution >= 4 is 38.2 Å². The van der Waals surface area contributed by atoms with Gasteiger partial charge in [0.2, 0.25) is 11.0 Å². The summed E-state index contributed by atoms with van der Waals surface area (Å²) >= 11 is 1.42. The summed E-state index contributed by atoms with van der Waals surface area (Å²) in [4.78, 5) is 15.0. The molecule has 4 rings (SSSR count). The molecule has 1 aromatic carbocycles. The molecular formula is C20H25N5O3S2. The molecule has 0 radical (unpaired) electrons. The van der Waals surface area contributed by atoms with Gasteiger partial charge in [0, 0.05) is 25.1 Å². The van der Waals surface area contributed by atoms with Crippen LogP contribution in [0.1, 0.15) is 49.6 Å². The van der Waals surface area contributed by atoms with Crippen LogP contribution in [0.3, 0.4) is 0 Å². The molecule has 2 aliphatic rings. The third-order valence-corrected chi connectivity index (χ3v) is 7.62. The molecule has 0 spiro atoms. The molecule has 0 saturated carbocycles. The average Bonchev–Trinajstić information content (AvgIpc) is 3.30. The summed E-state index contributed by atoms with van der Waals surface area (Å²) in [5, 5.41) is 12.6. The Balaban J connectivity index is 1.42. The van der Waals surface area contributed by atoms with E-state index < -0.39 is 10.0 Å². The summed E-state index contributed by atoms with van der Waals surface area (Å²) in [6.07, 6.45) is 5.79. The number of likely N-dealkylation sites (tertiary alicyclic amines) is 1. The van der Waals surface area contributed by atoms with Crippen LogP contribution in [-0.4, -0.2) is 48.3 Å². The maximum Gasteiger partial charge on any atom is 0.285 e. The number of aryl methyl sites for hydroxylation is 1. The zero-order valence-corrected chi connectivity index (χ0v) is 18.5. The number of aromatic nitrogens is 2. The normalized spacial score (nSPS) is 20.0. The van der Waals surface area contributed by atoms with Crippen molar-refractivity contribution in [1.82, 2.24) is 15.1 Å². The first-order chi connectivity index (χ1) is 14.5. The van der Waals surface area contributed by atoms with Gasteiger partial charge in [0.15, 0.2) is 5.84 Å². The lowest BCUT2D eigenvalue weighted by Gasteiger charge is -2.33. The lowest BCUT2D eigenvalue weighted by atomic mass is 9.96. The number of carbonyl (C=O) groups is 1. The molecule has 1 fully saturated rings. The Labute approximate surface area is 180 Å². The van der Waals surface area contributed by atoms with Gasteiger partial charge in [0.25, 0.3) is 10.0 Å². The molecule has 1 N–H and O–H groups in total. The fraction of sp³-hybridized carbons (Fsp3) is 0.500. The maximum absolute atomic E-state index is 12.8. The second-order valence-corrected chi connectivity index (χ2v) is 10.3. The molecule has 2 aliphatic heterocycles. The van der Waals surface area contributed by atoms with E-state index in [1.807, 2.05) is 4.90 Å². The zero-order valence-electron chi connectivity index (χ0n) is 16.9. The molecule has 160 valence electrons. The Hall–Kier alpha value is -2.33. The lowest BCUT2D eigenvalue weighted by molar-refractivity contribution is -0.121. The maximum atomic E-state index is 12.8. The van der Waals surface area contributed by atoms with E-state index in [-0.39, 0.29) is 16.7 Å². The van der Waals surface area contributed by atoms with E-state index in [2.05, 4.69) is 26.8 Å². The van der Waals surface area contributed by atoms with E-state index in [0.29, 0.717) is 29.6 Å². The second kappa shape index (κ2) is 8.81. The predicted octanol–water partition coefficient (Wildman–Crippen LogP) is 3.07. The molecule has 30 heavy (non-hydrogen) atoms. The van der Waals surface area contributed by atoms with Crippen LogP contribution in [0, 0.1) is 5.92 Å². The number of sulfonamides is 1. The zero-order chi connectivity index (χ0) is 21.1. The first kappa shape index (κ1) is 20.9. The van der Waals surface area contributed by atoms with Crippen LogP contribution in [-0.2, 0) is 21.2 Å². The molecule has 1 saturated heterocycles. The number of benzene rings is 1. The summed E-state index contributed by atoms with van der Waals surface area (Å²) in [5.41, 5.74) is 0.611. The van der Waals surface area contributed by atoms with E-state index in [0.717, 1.165) is 43.5 Å². The van der Waals surface area contributed by atoms with Crippen molar-refractivity contribution in [3.05, 3.63) is 34.8 Å². The molecule has 1 unspecified atom stereocenters. The number of amidine groups is 1. The number of nitrogens with one attached hydrogen (secondary N) is 1. The van der Waals surface area contributed by atoms with Crippen LogP contribution < -0.4 is 5.32 Å². The Kier molecular flexibility index (Phi) is 6.14. The predicted molar refractivity (Wildman–Crippen MR) is 116 cm³/mol. The van der Waals surface area contributed by atoms with E-state index in [9.17, 15) is 13.2 Å². The monoisotopic (exact) mass is 447 g/mol. The summed E-state index contributed by atoms with van der Waals surface area (Å²) < 4.78 is 28.7. The highest BCUT2D eigenvalue weighted by molar-refractivity contribution is 7.90. The first-order valence-electron chi connectivity index (χ1n) is 10.3. The van der Waals surface area contributed by atoms with E-state index in [1.165, 1.54) is 11.3 Å². The summed E-state index contributed by atoms with van der Waals surface area (Å²) in [7, 11) is -3.67. The quantitative estimate of drug-likeness (QED) is 0.683. The van der Waals surface area contributed by atoms with Gasteiger partial charge < -0.3 is 10.2 Å². The van der Waals surface area contributed by atoms with Gasteiger partial charge in [-0.05, 0) is 31.4 Å². The van der Waals surface area contributed by atoms with Crippen LogP contribution in [0.15, 0.2) is 33.6 Å². The number of rotatable bonds is 6. The molecule has 0 aliphatic carbocycles. The molecule has 1 aromatic heterocycles. The molecule has 0 bridgehead atoms. The average molecular weight is 448 g/mol. The van der Waals surface area contributed by atoms with E-state index in [1.54, 1.807) is 24.3 Å². The fourth-order valence-corrected chi connectivity index (χ4v) is 5.85. The van der Waals surface area contributed by atoms with Crippen molar-refractivity contribution in [2.75, 3.05) is 18.4 Å². The molecule has 2 aromatic rings. The lowest BCUT2D eigenvalue weighted by Crippen LogP contribution is -2.43. The summed E-state index contributed by atoms with van der Waals surface area (Å²) in [6.45, 7) is 3.26. The van der Waals surface area contributed by atoms with Crippen LogP contribution >= 0.6 is 11.3 Å². The van der Waals surface area contributed by atoms with Gasteiger partial charge in [-0.25, -0.2) is 0 Å². The minimum Gasteiger partial charge on any atom is -0.355 e. The minimum atomic E-state index is -3.67.